The number of rotatable bonds is 8. The molecule has 148 valence electrons. The van der Waals surface area contributed by atoms with Crippen LogP contribution in [0.5, 0.6) is 23.0 Å². The predicted molar refractivity (Wildman–Crippen MR) is 99.4 cm³/mol. The molecule has 27 heavy (non-hydrogen) atoms. The molecule has 4 N–H and O–H groups in total. The van der Waals surface area contributed by atoms with E-state index in [1.165, 1.54) is 36.4 Å². The number of sulfone groups is 2. The summed E-state index contributed by atoms with van der Waals surface area (Å²) >= 11 is 0. The van der Waals surface area contributed by atoms with E-state index in [2.05, 4.69) is 0 Å². The summed E-state index contributed by atoms with van der Waals surface area (Å²) in [4.78, 5) is 0. The summed E-state index contributed by atoms with van der Waals surface area (Å²) in [6, 6.07) is 7.77. The van der Waals surface area contributed by atoms with Crippen molar-refractivity contribution in [1.82, 2.24) is 0 Å². The zero-order valence-corrected chi connectivity index (χ0v) is 15.9. The first-order valence-corrected chi connectivity index (χ1v) is 11.5. The lowest BCUT2D eigenvalue weighted by Crippen LogP contribution is -2.23. The largest absolute Gasteiger partial charge is 0.504 e. The number of phenols is 4. The normalized spacial score (nSPS) is 12.1. The average Bonchev–Trinajstić information content (AvgIpc) is 2.56. The minimum atomic E-state index is -3.90. The van der Waals surface area contributed by atoms with Gasteiger partial charge in [-0.1, -0.05) is 12.1 Å². The van der Waals surface area contributed by atoms with Crippen molar-refractivity contribution in [3.05, 3.63) is 47.5 Å². The average molecular weight is 416 g/mol. The molecule has 0 amide bonds. The molecule has 0 radical (unpaired) electrons. The molecule has 0 bridgehead atoms. The van der Waals surface area contributed by atoms with Gasteiger partial charge in [0.15, 0.2) is 47.8 Å². The zero-order valence-electron chi connectivity index (χ0n) is 14.2. The SMILES string of the molecule is O=S(=O)(CCc1ccc(O)c(O)c1)CS(=O)(=O)CCc1ccc(O)c(O)c1. The number of hydrogen-bond acceptors (Lipinski definition) is 8. The van der Waals surface area contributed by atoms with Crippen molar-refractivity contribution < 1.29 is 37.3 Å². The molecule has 8 nitrogen and oxygen atoms in total. The van der Waals surface area contributed by atoms with Crippen LogP contribution in [0.2, 0.25) is 0 Å². The lowest BCUT2D eigenvalue weighted by atomic mass is 10.1. The summed E-state index contributed by atoms with van der Waals surface area (Å²) in [5.74, 6) is -2.26. The van der Waals surface area contributed by atoms with Gasteiger partial charge < -0.3 is 20.4 Å². The molecule has 0 atom stereocenters. The van der Waals surface area contributed by atoms with Gasteiger partial charge in [0.25, 0.3) is 0 Å². The fourth-order valence-corrected chi connectivity index (χ4v) is 6.61. The number of phenolic OH excluding ortho intramolecular Hbond substituents is 4. The Morgan fingerprint density at radius 3 is 1.30 bits per heavy atom. The molecule has 2 aromatic rings. The van der Waals surface area contributed by atoms with Crippen LogP contribution in [0.4, 0.5) is 0 Å². The van der Waals surface area contributed by atoms with E-state index in [-0.39, 0.29) is 35.8 Å². The summed E-state index contributed by atoms with van der Waals surface area (Å²) < 4.78 is 48.5. The van der Waals surface area contributed by atoms with Crippen LogP contribution < -0.4 is 0 Å². The molecule has 0 aromatic heterocycles. The minimum Gasteiger partial charge on any atom is -0.504 e. The van der Waals surface area contributed by atoms with Gasteiger partial charge in [-0.3, -0.25) is 0 Å². The van der Waals surface area contributed by atoms with Crippen LogP contribution in [0, 0.1) is 0 Å². The third-order valence-corrected chi connectivity index (χ3v) is 8.37. The molecule has 0 saturated carbocycles. The number of aryl methyl sites for hydroxylation is 2. The van der Waals surface area contributed by atoms with E-state index in [0.717, 1.165) is 0 Å². The molecule has 0 heterocycles. The Kier molecular flexibility index (Phi) is 6.22. The molecule has 0 fully saturated rings. The van der Waals surface area contributed by atoms with Crippen molar-refractivity contribution in [3.8, 4) is 23.0 Å². The Hall–Kier alpha value is -2.46. The maximum atomic E-state index is 12.1. The molecule has 0 aliphatic heterocycles. The molecule has 0 saturated heterocycles. The highest BCUT2D eigenvalue weighted by molar-refractivity contribution is 8.08. The van der Waals surface area contributed by atoms with Crippen molar-refractivity contribution in [2.24, 2.45) is 0 Å². The first kappa shape index (κ1) is 20.8. The second-order valence-electron chi connectivity index (χ2n) is 6.16. The predicted octanol–water partition coefficient (Wildman–Crippen LogP) is 1.08. The lowest BCUT2D eigenvalue weighted by molar-refractivity contribution is 0.403. The van der Waals surface area contributed by atoms with E-state index in [9.17, 15) is 37.3 Å². The Morgan fingerprint density at radius 2 is 0.963 bits per heavy atom. The van der Waals surface area contributed by atoms with Gasteiger partial charge in [-0.25, -0.2) is 16.8 Å². The molecule has 0 aliphatic carbocycles. The smallest absolute Gasteiger partial charge is 0.164 e. The Morgan fingerprint density at radius 1 is 0.593 bits per heavy atom. The summed E-state index contributed by atoms with van der Waals surface area (Å²) in [5, 5.41) is 36.3. The lowest BCUT2D eigenvalue weighted by Gasteiger charge is -2.08. The maximum absolute atomic E-state index is 12.1. The number of hydrogen-bond donors (Lipinski definition) is 4. The maximum Gasteiger partial charge on any atom is 0.164 e. The van der Waals surface area contributed by atoms with Crippen LogP contribution in [0.25, 0.3) is 0 Å². The highest BCUT2D eigenvalue weighted by Crippen LogP contribution is 2.26. The van der Waals surface area contributed by atoms with Gasteiger partial charge >= 0.3 is 0 Å². The highest BCUT2D eigenvalue weighted by atomic mass is 32.3. The second-order valence-corrected chi connectivity index (χ2v) is 10.9. The molecule has 0 unspecified atom stereocenters. The van der Waals surface area contributed by atoms with Crippen LogP contribution >= 0.6 is 0 Å². The van der Waals surface area contributed by atoms with Gasteiger partial charge in [0.05, 0.1) is 11.5 Å². The van der Waals surface area contributed by atoms with E-state index >= 15 is 0 Å². The fourth-order valence-electron chi connectivity index (χ4n) is 2.39. The van der Waals surface area contributed by atoms with E-state index in [1.54, 1.807) is 0 Å². The first-order valence-electron chi connectivity index (χ1n) is 7.90. The van der Waals surface area contributed by atoms with Crippen LogP contribution in [0.15, 0.2) is 36.4 Å². The third-order valence-electron chi connectivity index (χ3n) is 3.84. The Balaban J connectivity index is 1.95. The van der Waals surface area contributed by atoms with E-state index in [1.807, 2.05) is 0 Å². The van der Waals surface area contributed by atoms with Gasteiger partial charge in [0, 0.05) is 0 Å². The third kappa shape index (κ3) is 6.33. The van der Waals surface area contributed by atoms with Crippen LogP contribution in [-0.4, -0.2) is 53.9 Å². The molecule has 0 aliphatic rings. The molecule has 10 heteroatoms. The summed E-state index contributed by atoms with van der Waals surface area (Å²) in [5.41, 5.74) is 0.900. The van der Waals surface area contributed by atoms with Crippen molar-refractivity contribution in [2.45, 2.75) is 12.8 Å². The van der Waals surface area contributed by atoms with Gasteiger partial charge in [-0.05, 0) is 48.2 Å². The quantitative estimate of drug-likeness (QED) is 0.467. The fraction of sp³-hybridized carbons (Fsp3) is 0.294. The van der Waals surface area contributed by atoms with E-state index in [4.69, 9.17) is 0 Å². The summed E-state index contributed by atoms with van der Waals surface area (Å²) in [7, 11) is -7.80. The van der Waals surface area contributed by atoms with Crippen molar-refractivity contribution in [1.29, 1.82) is 0 Å². The summed E-state index contributed by atoms with van der Waals surface area (Å²) in [6.45, 7) is 0. The standard InChI is InChI=1S/C17H20O8S2/c18-14-3-1-12(9-16(14)20)5-7-26(22,23)11-27(24,25)8-6-13-2-4-15(19)17(21)10-13/h1-4,9-10,18-21H,5-8,11H2. The Labute approximate surface area is 157 Å². The highest BCUT2D eigenvalue weighted by Gasteiger charge is 2.22. The summed E-state index contributed by atoms with van der Waals surface area (Å²) in [6.07, 6.45) is -0.00491. The molecular formula is C17H20O8S2. The number of aromatic hydroxyl groups is 4. The van der Waals surface area contributed by atoms with Crippen LogP contribution in [0.1, 0.15) is 11.1 Å². The van der Waals surface area contributed by atoms with Crippen molar-refractivity contribution >= 4 is 19.7 Å². The topological polar surface area (TPSA) is 149 Å². The monoisotopic (exact) mass is 416 g/mol. The molecule has 2 rings (SSSR count). The van der Waals surface area contributed by atoms with E-state index < -0.39 is 36.3 Å². The number of benzene rings is 2. The van der Waals surface area contributed by atoms with Gasteiger partial charge in [-0.2, -0.15) is 0 Å². The van der Waals surface area contributed by atoms with Crippen molar-refractivity contribution in [3.63, 3.8) is 0 Å². The van der Waals surface area contributed by atoms with Gasteiger partial charge in [-0.15, -0.1) is 0 Å². The van der Waals surface area contributed by atoms with Crippen LogP contribution in [-0.2, 0) is 32.5 Å². The molecular weight excluding hydrogens is 396 g/mol. The van der Waals surface area contributed by atoms with Gasteiger partial charge in [0.1, 0.15) is 0 Å². The van der Waals surface area contributed by atoms with Crippen LogP contribution in [0.3, 0.4) is 0 Å². The molecule has 0 spiro atoms. The minimum absolute atomic E-state index is 0.00245. The van der Waals surface area contributed by atoms with E-state index in [0.29, 0.717) is 11.1 Å². The molecule has 2 aromatic carbocycles. The Bertz CT molecular complexity index is 943. The zero-order chi connectivity index (χ0) is 20.2. The van der Waals surface area contributed by atoms with Gasteiger partial charge in [0.2, 0.25) is 0 Å². The second kappa shape index (κ2) is 8.05. The first-order chi connectivity index (χ1) is 12.5. The van der Waals surface area contributed by atoms with Crippen molar-refractivity contribution in [2.75, 3.05) is 16.6 Å².